The molecule has 0 amide bonds. The van der Waals surface area contributed by atoms with Crippen LogP contribution in [0.2, 0.25) is 0 Å². The van der Waals surface area contributed by atoms with Crippen molar-refractivity contribution >= 4 is 0 Å². The van der Waals surface area contributed by atoms with Crippen LogP contribution >= 0.6 is 0 Å². The highest BCUT2D eigenvalue weighted by Gasteiger charge is 2.32. The van der Waals surface area contributed by atoms with E-state index in [0.29, 0.717) is 6.04 Å². The van der Waals surface area contributed by atoms with Crippen LogP contribution in [0.3, 0.4) is 0 Å². The molecule has 2 aliphatic rings. The van der Waals surface area contributed by atoms with E-state index in [2.05, 4.69) is 25.8 Å². The van der Waals surface area contributed by atoms with Crippen LogP contribution in [0.5, 0.6) is 0 Å². The first kappa shape index (κ1) is 13.4. The Bertz CT molecular complexity index is 225. The van der Waals surface area contributed by atoms with Crippen LogP contribution in [0, 0.1) is 23.7 Å². The Hall–Kier alpha value is -0.0800. The maximum absolute atomic E-state index is 6.36. The zero-order valence-corrected chi connectivity index (χ0v) is 11.9. The second kappa shape index (κ2) is 5.71. The molecule has 2 fully saturated rings. The normalized spacial score (nSPS) is 39.4. The molecule has 0 spiro atoms. The first-order valence-corrected chi connectivity index (χ1v) is 7.50. The van der Waals surface area contributed by atoms with E-state index in [0.717, 1.165) is 23.7 Å². The van der Waals surface area contributed by atoms with Crippen LogP contribution in [0.1, 0.15) is 46.0 Å². The van der Waals surface area contributed by atoms with Crippen molar-refractivity contribution in [2.45, 2.75) is 52.0 Å². The summed E-state index contributed by atoms with van der Waals surface area (Å²) in [5, 5.41) is 0. The van der Waals surface area contributed by atoms with Crippen molar-refractivity contribution in [3.8, 4) is 0 Å². The van der Waals surface area contributed by atoms with Crippen molar-refractivity contribution in [2.75, 3.05) is 20.1 Å². The van der Waals surface area contributed by atoms with E-state index in [-0.39, 0.29) is 0 Å². The maximum atomic E-state index is 6.36. The molecule has 0 radical (unpaired) electrons. The summed E-state index contributed by atoms with van der Waals surface area (Å²) < 4.78 is 0. The minimum Gasteiger partial charge on any atom is -0.327 e. The first-order valence-electron chi connectivity index (χ1n) is 7.50. The third-order valence-electron chi connectivity index (χ3n) is 5.05. The monoisotopic (exact) mass is 238 g/mol. The lowest BCUT2D eigenvalue weighted by atomic mass is 9.72. The lowest BCUT2D eigenvalue weighted by Crippen LogP contribution is -2.46. The summed E-state index contributed by atoms with van der Waals surface area (Å²) in [6, 6.07) is 0.428. The highest BCUT2D eigenvalue weighted by atomic mass is 15.1. The second-order valence-electron chi connectivity index (χ2n) is 6.90. The van der Waals surface area contributed by atoms with E-state index in [1.54, 1.807) is 0 Å². The lowest BCUT2D eigenvalue weighted by Gasteiger charge is -2.41. The van der Waals surface area contributed by atoms with Crippen LogP contribution in [0.15, 0.2) is 0 Å². The van der Waals surface area contributed by atoms with E-state index in [1.807, 2.05) is 0 Å². The zero-order chi connectivity index (χ0) is 12.4. The molecule has 2 nitrogen and oxygen atoms in total. The Labute approximate surface area is 107 Å². The van der Waals surface area contributed by atoms with Gasteiger partial charge in [-0.05, 0) is 56.4 Å². The smallest absolute Gasteiger partial charge is 0.00844 e. The maximum Gasteiger partial charge on any atom is 0.00844 e. The molecule has 0 aromatic carbocycles. The van der Waals surface area contributed by atoms with Crippen molar-refractivity contribution in [3.05, 3.63) is 0 Å². The summed E-state index contributed by atoms with van der Waals surface area (Å²) in [6.07, 6.45) is 6.96. The molecule has 2 N–H and O–H groups in total. The molecule has 4 unspecified atom stereocenters. The van der Waals surface area contributed by atoms with Gasteiger partial charge in [-0.1, -0.05) is 20.3 Å². The van der Waals surface area contributed by atoms with Gasteiger partial charge in [0.1, 0.15) is 0 Å². The summed E-state index contributed by atoms with van der Waals surface area (Å²) in [6.45, 7) is 7.26. The molecule has 0 saturated heterocycles. The van der Waals surface area contributed by atoms with Gasteiger partial charge >= 0.3 is 0 Å². The highest BCUT2D eigenvalue weighted by Crippen LogP contribution is 2.34. The van der Waals surface area contributed by atoms with Gasteiger partial charge in [-0.15, -0.1) is 0 Å². The minimum absolute atomic E-state index is 0.428. The molecule has 2 aliphatic carbocycles. The van der Waals surface area contributed by atoms with E-state index >= 15 is 0 Å². The Morgan fingerprint density at radius 2 is 1.82 bits per heavy atom. The average Bonchev–Trinajstić information content (AvgIpc) is 2.17. The highest BCUT2D eigenvalue weighted by molar-refractivity contribution is 4.87. The zero-order valence-electron chi connectivity index (χ0n) is 11.9. The Kier molecular flexibility index (Phi) is 4.48. The topological polar surface area (TPSA) is 29.3 Å². The van der Waals surface area contributed by atoms with Crippen LogP contribution in [0.4, 0.5) is 0 Å². The number of hydrogen-bond acceptors (Lipinski definition) is 2. The summed E-state index contributed by atoms with van der Waals surface area (Å²) in [4.78, 5) is 2.54. The lowest BCUT2D eigenvalue weighted by molar-refractivity contribution is 0.111. The Morgan fingerprint density at radius 1 is 1.12 bits per heavy atom. The fourth-order valence-corrected chi connectivity index (χ4v) is 3.83. The van der Waals surface area contributed by atoms with E-state index < -0.39 is 0 Å². The van der Waals surface area contributed by atoms with Crippen molar-refractivity contribution in [1.29, 1.82) is 0 Å². The predicted molar refractivity (Wildman–Crippen MR) is 73.9 cm³/mol. The quantitative estimate of drug-likeness (QED) is 0.816. The molecular weight excluding hydrogens is 208 g/mol. The molecule has 0 heterocycles. The Morgan fingerprint density at radius 3 is 2.35 bits per heavy atom. The number of rotatable bonds is 4. The van der Waals surface area contributed by atoms with Gasteiger partial charge in [-0.25, -0.2) is 0 Å². The molecule has 2 heteroatoms. The van der Waals surface area contributed by atoms with Gasteiger partial charge in [0.15, 0.2) is 0 Å². The van der Waals surface area contributed by atoms with E-state index in [9.17, 15) is 0 Å². The van der Waals surface area contributed by atoms with Crippen LogP contribution < -0.4 is 5.73 Å². The van der Waals surface area contributed by atoms with Crippen LogP contribution in [0.25, 0.3) is 0 Å². The van der Waals surface area contributed by atoms with Gasteiger partial charge in [0.2, 0.25) is 0 Å². The van der Waals surface area contributed by atoms with E-state index in [4.69, 9.17) is 5.73 Å². The minimum atomic E-state index is 0.428. The summed E-state index contributed by atoms with van der Waals surface area (Å²) >= 11 is 0. The molecule has 17 heavy (non-hydrogen) atoms. The fourth-order valence-electron chi connectivity index (χ4n) is 3.83. The van der Waals surface area contributed by atoms with Gasteiger partial charge in [0.25, 0.3) is 0 Å². The van der Waals surface area contributed by atoms with Gasteiger partial charge in [0.05, 0.1) is 0 Å². The first-order chi connectivity index (χ1) is 8.06. The van der Waals surface area contributed by atoms with Gasteiger partial charge in [-0.2, -0.15) is 0 Å². The van der Waals surface area contributed by atoms with Gasteiger partial charge < -0.3 is 10.6 Å². The standard InChI is InChI=1S/C15H30N2/c1-11-7-12(2)14(15(16)8-11)10-17(3)9-13-5-4-6-13/h11-15H,4-10,16H2,1-3H3. The molecule has 0 aliphatic heterocycles. The molecule has 2 saturated carbocycles. The fraction of sp³-hybridized carbons (Fsp3) is 1.00. The average molecular weight is 238 g/mol. The van der Waals surface area contributed by atoms with Crippen molar-refractivity contribution < 1.29 is 0 Å². The molecular formula is C15H30N2. The SMILES string of the molecule is CC1CC(C)C(CN(C)CC2CCC2)C(N)C1. The van der Waals surface area contributed by atoms with Gasteiger partial charge in [-0.3, -0.25) is 0 Å². The molecule has 100 valence electrons. The molecule has 4 atom stereocenters. The molecule has 0 aromatic rings. The molecule has 2 rings (SSSR count). The number of nitrogens with zero attached hydrogens (tertiary/aromatic N) is 1. The predicted octanol–water partition coefficient (Wildman–Crippen LogP) is 2.73. The van der Waals surface area contributed by atoms with Crippen molar-refractivity contribution in [3.63, 3.8) is 0 Å². The summed E-state index contributed by atoms with van der Waals surface area (Å²) in [5.74, 6) is 3.33. The van der Waals surface area contributed by atoms with Crippen molar-refractivity contribution in [1.82, 2.24) is 4.90 Å². The summed E-state index contributed by atoms with van der Waals surface area (Å²) in [5.41, 5.74) is 6.36. The third kappa shape index (κ3) is 3.45. The van der Waals surface area contributed by atoms with Crippen LogP contribution in [-0.4, -0.2) is 31.1 Å². The number of nitrogens with two attached hydrogens (primary N) is 1. The summed E-state index contributed by atoms with van der Waals surface area (Å²) in [7, 11) is 2.29. The largest absolute Gasteiger partial charge is 0.327 e. The number of hydrogen-bond donors (Lipinski definition) is 1. The van der Waals surface area contributed by atoms with Crippen LogP contribution in [-0.2, 0) is 0 Å². The van der Waals surface area contributed by atoms with Crippen molar-refractivity contribution in [2.24, 2.45) is 29.4 Å². The van der Waals surface area contributed by atoms with E-state index in [1.165, 1.54) is 45.2 Å². The third-order valence-corrected chi connectivity index (χ3v) is 5.05. The molecule has 0 bridgehead atoms. The van der Waals surface area contributed by atoms with Gasteiger partial charge in [0, 0.05) is 19.1 Å². The Balaban J connectivity index is 1.79. The molecule has 0 aromatic heterocycles. The second-order valence-corrected chi connectivity index (χ2v) is 6.90.